The number of rotatable bonds is 3. The van der Waals surface area contributed by atoms with Gasteiger partial charge in [0, 0.05) is 11.6 Å². The van der Waals surface area contributed by atoms with Crippen molar-refractivity contribution >= 4 is 11.6 Å². The van der Waals surface area contributed by atoms with Crippen LogP contribution in [0.1, 0.15) is 18.9 Å². The second-order valence-corrected chi connectivity index (χ2v) is 5.15. The van der Waals surface area contributed by atoms with Crippen LogP contribution in [0.5, 0.6) is 11.5 Å². The Hall–Kier alpha value is -1.52. The van der Waals surface area contributed by atoms with Crippen molar-refractivity contribution in [3.05, 3.63) is 41.7 Å². The number of ether oxygens (including phenoxy) is 1. The second kappa shape index (κ2) is 5.63. The van der Waals surface area contributed by atoms with Crippen molar-refractivity contribution in [3.63, 3.8) is 0 Å². The summed E-state index contributed by atoms with van der Waals surface area (Å²) < 4.78 is 7.73. The molecule has 1 atom stereocenters. The van der Waals surface area contributed by atoms with E-state index in [9.17, 15) is 0 Å². The zero-order valence-electron chi connectivity index (χ0n) is 10.6. The summed E-state index contributed by atoms with van der Waals surface area (Å²) in [5, 5.41) is 8.47. The molecule has 1 aromatic carbocycles. The fourth-order valence-corrected chi connectivity index (χ4v) is 2.40. The van der Waals surface area contributed by atoms with E-state index in [0.29, 0.717) is 11.1 Å². The maximum absolute atomic E-state index is 5.84. The van der Waals surface area contributed by atoms with Gasteiger partial charge >= 0.3 is 0 Å². The van der Waals surface area contributed by atoms with Crippen LogP contribution in [0, 0.1) is 0 Å². The first-order valence-corrected chi connectivity index (χ1v) is 6.87. The van der Waals surface area contributed by atoms with Crippen LogP contribution in [-0.2, 0) is 0 Å². The summed E-state index contributed by atoms with van der Waals surface area (Å²) in [4.78, 5) is 0. The van der Waals surface area contributed by atoms with Crippen LogP contribution in [0.2, 0.25) is 5.02 Å². The van der Waals surface area contributed by atoms with Crippen molar-refractivity contribution in [3.8, 4) is 11.5 Å². The molecule has 2 heterocycles. The van der Waals surface area contributed by atoms with Crippen molar-refractivity contribution in [2.45, 2.75) is 18.9 Å². The number of nitrogens with zero attached hydrogens (tertiary/aromatic N) is 2. The van der Waals surface area contributed by atoms with Crippen molar-refractivity contribution in [2.75, 3.05) is 13.1 Å². The molecule has 1 aromatic heterocycles. The normalized spacial score (nSPS) is 19.3. The number of hydrogen-bond acceptors (Lipinski definition) is 3. The molecule has 0 radical (unpaired) electrons. The van der Waals surface area contributed by atoms with Crippen LogP contribution in [0.3, 0.4) is 0 Å². The van der Waals surface area contributed by atoms with Gasteiger partial charge < -0.3 is 10.1 Å². The monoisotopic (exact) mass is 277 g/mol. The maximum atomic E-state index is 5.84. The van der Waals surface area contributed by atoms with Crippen molar-refractivity contribution < 1.29 is 4.74 Å². The minimum atomic E-state index is 0.427. The smallest absolute Gasteiger partial charge is 0.165 e. The summed E-state index contributed by atoms with van der Waals surface area (Å²) in [6, 6.07) is 7.75. The van der Waals surface area contributed by atoms with E-state index < -0.39 is 0 Å². The second-order valence-electron chi connectivity index (χ2n) is 4.71. The van der Waals surface area contributed by atoms with Gasteiger partial charge in [-0.1, -0.05) is 11.6 Å². The number of hydrogen-bond donors (Lipinski definition) is 1. The van der Waals surface area contributed by atoms with Gasteiger partial charge in [0.25, 0.3) is 0 Å². The first-order chi connectivity index (χ1) is 9.31. The molecule has 4 nitrogen and oxygen atoms in total. The predicted molar refractivity (Wildman–Crippen MR) is 74.9 cm³/mol. The highest BCUT2D eigenvalue weighted by molar-refractivity contribution is 6.30. The van der Waals surface area contributed by atoms with Gasteiger partial charge in [0.2, 0.25) is 0 Å². The molecule has 0 spiro atoms. The zero-order valence-corrected chi connectivity index (χ0v) is 11.3. The summed E-state index contributed by atoms with van der Waals surface area (Å²) in [5.41, 5.74) is 0. The van der Waals surface area contributed by atoms with Gasteiger partial charge in [-0.15, -0.1) is 0 Å². The number of piperidine rings is 1. The lowest BCUT2D eigenvalue weighted by Gasteiger charge is -2.22. The van der Waals surface area contributed by atoms with Gasteiger partial charge in [-0.2, -0.15) is 5.10 Å². The Labute approximate surface area is 117 Å². The molecule has 1 aliphatic rings. The van der Waals surface area contributed by atoms with Gasteiger partial charge in [-0.3, -0.25) is 4.68 Å². The first-order valence-electron chi connectivity index (χ1n) is 6.49. The molecular weight excluding hydrogens is 262 g/mol. The van der Waals surface area contributed by atoms with E-state index in [2.05, 4.69) is 10.4 Å². The fourth-order valence-electron chi connectivity index (χ4n) is 2.27. The van der Waals surface area contributed by atoms with Gasteiger partial charge in [0.15, 0.2) is 5.75 Å². The maximum Gasteiger partial charge on any atom is 0.165 e. The molecule has 1 saturated heterocycles. The van der Waals surface area contributed by atoms with Crippen molar-refractivity contribution in [1.82, 2.24) is 15.1 Å². The third-order valence-corrected chi connectivity index (χ3v) is 3.52. The Morgan fingerprint density at radius 1 is 1.26 bits per heavy atom. The van der Waals surface area contributed by atoms with Crippen molar-refractivity contribution in [2.24, 2.45) is 0 Å². The topological polar surface area (TPSA) is 39.1 Å². The first kappa shape index (κ1) is 12.5. The summed E-state index contributed by atoms with van der Waals surface area (Å²) in [5.74, 6) is 1.53. The Kier molecular flexibility index (Phi) is 3.71. The Balaban J connectivity index is 1.68. The molecule has 5 heteroatoms. The standard InChI is InChI=1S/C14H16ClN3O/c15-11-3-5-13(6-4-11)19-14-9-17-18(10-14)12-2-1-7-16-8-12/h3-6,9-10,12,16H,1-2,7-8H2. The van der Waals surface area contributed by atoms with Crippen LogP contribution in [0.4, 0.5) is 0 Å². The third kappa shape index (κ3) is 3.08. The molecule has 3 rings (SSSR count). The van der Waals surface area contributed by atoms with E-state index in [1.54, 1.807) is 6.20 Å². The van der Waals surface area contributed by atoms with E-state index in [-0.39, 0.29) is 0 Å². The SMILES string of the molecule is Clc1ccc(Oc2cnn(C3CCCNC3)c2)cc1. The Bertz CT molecular complexity index is 532. The third-order valence-electron chi connectivity index (χ3n) is 3.27. The summed E-state index contributed by atoms with van der Waals surface area (Å²) in [6.07, 6.45) is 6.06. The van der Waals surface area contributed by atoms with Crippen LogP contribution < -0.4 is 10.1 Å². The highest BCUT2D eigenvalue weighted by Crippen LogP contribution is 2.24. The van der Waals surface area contributed by atoms with Crippen LogP contribution >= 0.6 is 11.6 Å². The van der Waals surface area contributed by atoms with Crippen LogP contribution in [-0.4, -0.2) is 22.9 Å². The average Bonchev–Trinajstić information content (AvgIpc) is 2.91. The Morgan fingerprint density at radius 2 is 2.11 bits per heavy atom. The van der Waals surface area contributed by atoms with Crippen LogP contribution in [0.15, 0.2) is 36.7 Å². The molecule has 0 saturated carbocycles. The van der Waals surface area contributed by atoms with E-state index in [1.807, 2.05) is 35.1 Å². The fraction of sp³-hybridized carbons (Fsp3) is 0.357. The number of benzene rings is 1. The van der Waals surface area contributed by atoms with Gasteiger partial charge in [-0.25, -0.2) is 0 Å². The summed E-state index contributed by atoms with van der Waals surface area (Å²) in [6.45, 7) is 2.08. The minimum absolute atomic E-state index is 0.427. The van der Waals surface area contributed by atoms with E-state index in [0.717, 1.165) is 31.0 Å². The lowest BCUT2D eigenvalue weighted by atomic mass is 10.1. The molecule has 19 heavy (non-hydrogen) atoms. The quantitative estimate of drug-likeness (QED) is 0.936. The molecule has 1 fully saturated rings. The highest BCUT2D eigenvalue weighted by atomic mass is 35.5. The van der Waals surface area contributed by atoms with Crippen molar-refractivity contribution in [1.29, 1.82) is 0 Å². The lowest BCUT2D eigenvalue weighted by molar-refractivity contribution is 0.345. The zero-order chi connectivity index (χ0) is 13.1. The van der Waals surface area contributed by atoms with E-state index in [1.165, 1.54) is 6.42 Å². The molecular formula is C14H16ClN3O. The van der Waals surface area contributed by atoms with E-state index in [4.69, 9.17) is 16.3 Å². The average molecular weight is 278 g/mol. The van der Waals surface area contributed by atoms with Gasteiger partial charge in [0.05, 0.1) is 18.4 Å². The molecule has 2 aromatic rings. The predicted octanol–water partition coefficient (Wildman–Crippen LogP) is 3.25. The highest BCUT2D eigenvalue weighted by Gasteiger charge is 2.15. The molecule has 0 amide bonds. The Morgan fingerprint density at radius 3 is 2.84 bits per heavy atom. The molecule has 1 N–H and O–H groups in total. The minimum Gasteiger partial charge on any atom is -0.454 e. The summed E-state index contributed by atoms with van der Waals surface area (Å²) in [7, 11) is 0. The lowest BCUT2D eigenvalue weighted by Crippen LogP contribution is -2.31. The van der Waals surface area contributed by atoms with E-state index >= 15 is 0 Å². The number of nitrogens with one attached hydrogen (secondary N) is 1. The van der Waals surface area contributed by atoms with Gasteiger partial charge in [0.1, 0.15) is 5.75 Å². The largest absolute Gasteiger partial charge is 0.454 e. The van der Waals surface area contributed by atoms with Gasteiger partial charge in [-0.05, 0) is 43.7 Å². The molecule has 100 valence electrons. The number of aromatic nitrogens is 2. The molecule has 0 bridgehead atoms. The number of halogens is 1. The molecule has 1 aliphatic heterocycles. The molecule has 0 aliphatic carbocycles. The molecule has 1 unspecified atom stereocenters. The summed E-state index contributed by atoms with van der Waals surface area (Å²) >= 11 is 5.84. The van der Waals surface area contributed by atoms with Crippen LogP contribution in [0.25, 0.3) is 0 Å².